The Morgan fingerprint density at radius 1 is 1.43 bits per heavy atom. The number of nitrogens with one attached hydrogen (secondary N) is 2. The molecule has 126 valence electrons. The third-order valence-electron chi connectivity index (χ3n) is 3.69. The van der Waals surface area contributed by atoms with Crippen molar-refractivity contribution >= 4 is 23.5 Å². The Kier molecular flexibility index (Phi) is 6.67. The minimum absolute atomic E-state index is 0.114. The molecule has 1 aromatic carbocycles. The second-order valence-electron chi connectivity index (χ2n) is 5.42. The number of benzene rings is 1. The molecule has 1 saturated heterocycles. The van der Waals surface area contributed by atoms with Gasteiger partial charge in [0.1, 0.15) is 6.04 Å². The van der Waals surface area contributed by atoms with Gasteiger partial charge in [-0.2, -0.15) is 0 Å². The van der Waals surface area contributed by atoms with E-state index in [0.717, 1.165) is 12.0 Å². The van der Waals surface area contributed by atoms with Crippen LogP contribution in [0.3, 0.4) is 0 Å². The van der Waals surface area contributed by atoms with Crippen molar-refractivity contribution in [1.29, 1.82) is 0 Å². The van der Waals surface area contributed by atoms with Crippen molar-refractivity contribution in [2.75, 3.05) is 26.2 Å². The van der Waals surface area contributed by atoms with E-state index in [9.17, 15) is 9.59 Å². The van der Waals surface area contributed by atoms with Crippen LogP contribution in [-0.2, 0) is 16.1 Å². The van der Waals surface area contributed by atoms with Gasteiger partial charge < -0.3 is 20.3 Å². The van der Waals surface area contributed by atoms with Crippen molar-refractivity contribution in [3.63, 3.8) is 0 Å². The molecule has 3 amide bonds. The van der Waals surface area contributed by atoms with Crippen molar-refractivity contribution in [3.05, 3.63) is 34.9 Å². The van der Waals surface area contributed by atoms with Crippen LogP contribution in [0, 0.1) is 0 Å². The monoisotopic (exact) mass is 339 g/mol. The Hall–Kier alpha value is -1.79. The highest BCUT2D eigenvalue weighted by Gasteiger charge is 2.27. The van der Waals surface area contributed by atoms with E-state index in [1.165, 1.54) is 0 Å². The van der Waals surface area contributed by atoms with Crippen LogP contribution in [0.2, 0.25) is 5.02 Å². The second kappa shape index (κ2) is 8.74. The maximum atomic E-state index is 12.1. The summed E-state index contributed by atoms with van der Waals surface area (Å²) in [5.41, 5.74) is 1.03. The molecule has 7 heteroatoms. The third-order valence-corrected chi connectivity index (χ3v) is 3.94. The van der Waals surface area contributed by atoms with E-state index in [-0.39, 0.29) is 11.9 Å². The van der Waals surface area contributed by atoms with Crippen LogP contribution < -0.4 is 10.6 Å². The molecule has 0 saturated carbocycles. The molecule has 1 aliphatic heterocycles. The number of ether oxygens (including phenoxy) is 1. The third kappa shape index (κ3) is 5.41. The Morgan fingerprint density at radius 3 is 2.91 bits per heavy atom. The van der Waals surface area contributed by atoms with Crippen molar-refractivity contribution in [3.8, 4) is 0 Å². The van der Waals surface area contributed by atoms with Crippen molar-refractivity contribution < 1.29 is 14.3 Å². The summed E-state index contributed by atoms with van der Waals surface area (Å²) >= 11 is 5.82. The Balaban J connectivity index is 1.68. The van der Waals surface area contributed by atoms with Gasteiger partial charge in [0.15, 0.2) is 0 Å². The molecule has 1 heterocycles. The van der Waals surface area contributed by atoms with Gasteiger partial charge in [-0.1, -0.05) is 23.7 Å². The lowest BCUT2D eigenvalue weighted by Crippen LogP contribution is -2.49. The largest absolute Gasteiger partial charge is 0.375 e. The van der Waals surface area contributed by atoms with Gasteiger partial charge in [-0.05, 0) is 31.0 Å². The zero-order valence-electron chi connectivity index (χ0n) is 13.2. The lowest BCUT2D eigenvalue weighted by Gasteiger charge is -2.25. The average molecular weight is 340 g/mol. The molecule has 1 aromatic rings. The fourth-order valence-electron chi connectivity index (χ4n) is 2.32. The smallest absolute Gasteiger partial charge is 0.318 e. The zero-order valence-corrected chi connectivity index (χ0v) is 13.9. The second-order valence-corrected chi connectivity index (χ2v) is 5.86. The van der Waals surface area contributed by atoms with Crippen LogP contribution in [0.25, 0.3) is 0 Å². The van der Waals surface area contributed by atoms with Crippen molar-refractivity contribution in [2.24, 2.45) is 0 Å². The van der Waals surface area contributed by atoms with Crippen LogP contribution >= 0.6 is 11.6 Å². The molecule has 0 radical (unpaired) electrons. The van der Waals surface area contributed by atoms with E-state index in [2.05, 4.69) is 10.6 Å². The molecule has 1 aliphatic rings. The van der Waals surface area contributed by atoms with E-state index >= 15 is 0 Å². The highest BCUT2D eigenvalue weighted by Crippen LogP contribution is 2.10. The molecule has 23 heavy (non-hydrogen) atoms. The molecule has 0 unspecified atom stereocenters. The summed E-state index contributed by atoms with van der Waals surface area (Å²) in [4.78, 5) is 25.4. The number of hydrogen-bond donors (Lipinski definition) is 2. The van der Waals surface area contributed by atoms with Gasteiger partial charge in [0, 0.05) is 24.7 Å². The highest BCUT2D eigenvalue weighted by atomic mass is 35.5. The standard InChI is InChI=1S/C16H22ClN3O3/c1-12-15(21)18-7-2-9-20(12)16(22)19-8-10-23-11-13-3-5-14(17)6-4-13/h3-6,12H,2,7-11H2,1H3,(H,18,21)(H,19,22)/t12-/m0/s1. The number of halogens is 1. The van der Waals surface area contributed by atoms with Crippen LogP contribution in [-0.4, -0.2) is 49.1 Å². The molecule has 1 atom stereocenters. The minimum atomic E-state index is -0.451. The average Bonchev–Trinajstić information content (AvgIpc) is 2.71. The summed E-state index contributed by atoms with van der Waals surface area (Å²) in [5.74, 6) is -0.114. The zero-order chi connectivity index (χ0) is 16.7. The fourth-order valence-corrected chi connectivity index (χ4v) is 2.45. The van der Waals surface area contributed by atoms with Gasteiger partial charge >= 0.3 is 6.03 Å². The molecule has 2 N–H and O–H groups in total. The fraction of sp³-hybridized carbons (Fsp3) is 0.500. The molecule has 0 aliphatic carbocycles. The van der Waals surface area contributed by atoms with Crippen LogP contribution in [0.4, 0.5) is 4.79 Å². The van der Waals surface area contributed by atoms with Crippen LogP contribution in [0.1, 0.15) is 18.9 Å². The molecule has 6 nitrogen and oxygen atoms in total. The normalized spacial score (nSPS) is 18.3. The summed E-state index contributed by atoms with van der Waals surface area (Å²) < 4.78 is 5.51. The molecule has 0 bridgehead atoms. The first kappa shape index (κ1) is 17.6. The van der Waals surface area contributed by atoms with E-state index in [0.29, 0.717) is 37.9 Å². The van der Waals surface area contributed by atoms with Crippen molar-refractivity contribution in [1.82, 2.24) is 15.5 Å². The minimum Gasteiger partial charge on any atom is -0.375 e. The summed E-state index contributed by atoms with van der Waals surface area (Å²) in [6, 6.07) is 6.75. The number of amides is 3. The molecule has 0 aromatic heterocycles. The maximum Gasteiger partial charge on any atom is 0.318 e. The lowest BCUT2D eigenvalue weighted by atomic mass is 10.2. The Morgan fingerprint density at radius 2 is 2.17 bits per heavy atom. The van der Waals surface area contributed by atoms with Gasteiger partial charge in [-0.3, -0.25) is 4.79 Å². The lowest BCUT2D eigenvalue weighted by molar-refractivity contribution is -0.124. The Bertz CT molecular complexity index is 536. The number of carbonyl (C=O) groups excluding carboxylic acids is 2. The van der Waals surface area contributed by atoms with E-state index in [4.69, 9.17) is 16.3 Å². The van der Waals surface area contributed by atoms with Crippen LogP contribution in [0.5, 0.6) is 0 Å². The van der Waals surface area contributed by atoms with Crippen LogP contribution in [0.15, 0.2) is 24.3 Å². The quantitative estimate of drug-likeness (QED) is 0.803. The summed E-state index contributed by atoms with van der Waals surface area (Å²) in [6.07, 6.45) is 0.760. The number of rotatable bonds is 5. The molecule has 0 spiro atoms. The molecule has 2 rings (SSSR count). The first-order chi connectivity index (χ1) is 11.1. The summed E-state index contributed by atoms with van der Waals surface area (Å²) in [7, 11) is 0. The number of urea groups is 1. The van der Waals surface area contributed by atoms with Gasteiger partial charge in [-0.25, -0.2) is 4.79 Å². The van der Waals surface area contributed by atoms with Gasteiger partial charge in [0.2, 0.25) is 5.91 Å². The first-order valence-electron chi connectivity index (χ1n) is 7.72. The number of hydrogen-bond acceptors (Lipinski definition) is 3. The Labute approximate surface area is 141 Å². The molecular formula is C16H22ClN3O3. The number of nitrogens with zero attached hydrogens (tertiary/aromatic N) is 1. The van der Waals surface area contributed by atoms with E-state index < -0.39 is 6.04 Å². The van der Waals surface area contributed by atoms with Crippen molar-refractivity contribution in [2.45, 2.75) is 26.0 Å². The van der Waals surface area contributed by atoms with Gasteiger partial charge in [0.05, 0.1) is 13.2 Å². The SMILES string of the molecule is C[C@H]1C(=O)NCCCN1C(=O)NCCOCc1ccc(Cl)cc1. The molecular weight excluding hydrogens is 318 g/mol. The van der Waals surface area contributed by atoms with E-state index in [1.807, 2.05) is 24.3 Å². The summed E-state index contributed by atoms with van der Waals surface area (Å²) in [5, 5.41) is 6.26. The van der Waals surface area contributed by atoms with Gasteiger partial charge in [0.25, 0.3) is 0 Å². The predicted molar refractivity (Wildman–Crippen MR) is 88.3 cm³/mol. The predicted octanol–water partition coefficient (Wildman–Crippen LogP) is 1.78. The summed E-state index contributed by atoms with van der Waals surface area (Å²) in [6.45, 7) is 4.18. The topological polar surface area (TPSA) is 70.7 Å². The first-order valence-corrected chi connectivity index (χ1v) is 8.10. The maximum absolute atomic E-state index is 12.1. The van der Waals surface area contributed by atoms with E-state index in [1.54, 1.807) is 11.8 Å². The number of carbonyl (C=O) groups is 2. The van der Waals surface area contributed by atoms with Gasteiger partial charge in [-0.15, -0.1) is 0 Å². The molecule has 1 fully saturated rings. The highest BCUT2D eigenvalue weighted by molar-refractivity contribution is 6.30.